The van der Waals surface area contributed by atoms with Gasteiger partial charge in [-0.3, -0.25) is 14.9 Å². The first-order chi connectivity index (χ1) is 14.1. The first-order valence-corrected chi connectivity index (χ1v) is 10.8. The molecular formula is C22H27N3O3S. The van der Waals surface area contributed by atoms with Gasteiger partial charge in [0.05, 0.1) is 7.11 Å². The first kappa shape index (κ1) is 21.2. The van der Waals surface area contributed by atoms with Gasteiger partial charge in [-0.05, 0) is 23.6 Å². The molecule has 2 aromatic carbocycles. The normalized spacial score (nSPS) is 18.7. The van der Waals surface area contributed by atoms with E-state index in [1.54, 1.807) is 18.9 Å². The molecule has 2 amide bonds. The molecule has 3 rings (SSSR count). The van der Waals surface area contributed by atoms with Crippen LogP contribution in [0.4, 0.5) is 0 Å². The van der Waals surface area contributed by atoms with E-state index < -0.39 is 0 Å². The lowest BCUT2D eigenvalue weighted by Crippen LogP contribution is -2.55. The molecule has 0 spiro atoms. The number of methoxy groups -OCH3 is 1. The number of carbonyl (C=O) groups excluding carboxylic acids is 2. The molecule has 1 heterocycles. The lowest BCUT2D eigenvalue weighted by atomic mass is 10.1. The van der Waals surface area contributed by atoms with Crippen LogP contribution in [0.5, 0.6) is 5.75 Å². The highest BCUT2D eigenvalue weighted by Gasteiger charge is 2.27. The first-order valence-electron chi connectivity index (χ1n) is 9.73. The van der Waals surface area contributed by atoms with E-state index in [2.05, 4.69) is 28.1 Å². The Morgan fingerprint density at radius 1 is 1.17 bits per heavy atom. The molecule has 154 valence electrons. The van der Waals surface area contributed by atoms with Crippen LogP contribution in [-0.2, 0) is 21.8 Å². The summed E-state index contributed by atoms with van der Waals surface area (Å²) in [6.45, 7) is 0.532. The van der Waals surface area contributed by atoms with E-state index in [4.69, 9.17) is 4.74 Å². The zero-order chi connectivity index (χ0) is 20.5. The molecule has 1 saturated heterocycles. The Balaban J connectivity index is 1.42. The van der Waals surface area contributed by atoms with Crippen LogP contribution in [0.1, 0.15) is 24.0 Å². The third-order valence-electron chi connectivity index (χ3n) is 4.71. The standard InChI is InChI=1S/C22H27N3O3S/c1-28-19-10-6-5-9-17(19)11-12-23-20(26)13-18-14-21(27)25-22(24-18)29-15-16-7-3-2-4-8-16/h2-10,18,22,24H,11-15H2,1H3,(H,23,26)(H,25,27). The van der Waals surface area contributed by atoms with Crippen LogP contribution in [-0.4, -0.2) is 37.0 Å². The molecule has 7 heteroatoms. The molecule has 0 radical (unpaired) electrons. The minimum atomic E-state index is -0.192. The maximum absolute atomic E-state index is 12.3. The van der Waals surface area contributed by atoms with Crippen LogP contribution in [0.25, 0.3) is 0 Å². The monoisotopic (exact) mass is 413 g/mol. The molecule has 2 aromatic rings. The Morgan fingerprint density at radius 3 is 2.72 bits per heavy atom. The summed E-state index contributed by atoms with van der Waals surface area (Å²) < 4.78 is 5.33. The summed E-state index contributed by atoms with van der Waals surface area (Å²) in [6, 6.07) is 17.7. The van der Waals surface area contributed by atoms with Crippen molar-refractivity contribution >= 4 is 23.6 Å². The molecule has 0 aromatic heterocycles. The van der Waals surface area contributed by atoms with Gasteiger partial charge in [0.15, 0.2) is 0 Å². The Morgan fingerprint density at radius 2 is 1.93 bits per heavy atom. The number of benzene rings is 2. The zero-order valence-corrected chi connectivity index (χ0v) is 17.3. The average Bonchev–Trinajstić information content (AvgIpc) is 2.73. The minimum Gasteiger partial charge on any atom is -0.496 e. The second-order valence-corrected chi connectivity index (χ2v) is 8.02. The van der Waals surface area contributed by atoms with Crippen molar-refractivity contribution in [2.45, 2.75) is 36.6 Å². The Kier molecular flexibility index (Phi) is 7.95. The maximum atomic E-state index is 12.3. The van der Waals surface area contributed by atoms with Gasteiger partial charge in [0.2, 0.25) is 11.8 Å². The number of para-hydroxylation sites is 1. The topological polar surface area (TPSA) is 79.5 Å². The molecule has 2 atom stereocenters. The molecule has 0 saturated carbocycles. The SMILES string of the molecule is COc1ccccc1CCNC(=O)CC1CC(=O)NC(SCc2ccccc2)N1. The number of nitrogens with one attached hydrogen (secondary N) is 3. The van der Waals surface area contributed by atoms with E-state index in [0.717, 1.165) is 17.1 Å². The highest BCUT2D eigenvalue weighted by Crippen LogP contribution is 2.19. The van der Waals surface area contributed by atoms with Gasteiger partial charge in [0.25, 0.3) is 0 Å². The number of rotatable bonds is 9. The molecule has 2 unspecified atom stereocenters. The lowest BCUT2D eigenvalue weighted by Gasteiger charge is -2.31. The fourth-order valence-electron chi connectivity index (χ4n) is 3.26. The smallest absolute Gasteiger partial charge is 0.223 e. The van der Waals surface area contributed by atoms with Crippen molar-refractivity contribution in [3.63, 3.8) is 0 Å². The van der Waals surface area contributed by atoms with Gasteiger partial charge in [-0.25, -0.2) is 0 Å². The largest absolute Gasteiger partial charge is 0.496 e. The van der Waals surface area contributed by atoms with Gasteiger partial charge in [-0.15, -0.1) is 11.8 Å². The number of ether oxygens (including phenoxy) is 1. The Bertz CT molecular complexity index is 816. The third-order valence-corrected chi connectivity index (χ3v) is 5.80. The van der Waals surface area contributed by atoms with Gasteiger partial charge in [-0.1, -0.05) is 48.5 Å². The summed E-state index contributed by atoms with van der Waals surface area (Å²) in [4.78, 5) is 24.4. The summed E-state index contributed by atoms with van der Waals surface area (Å²) in [7, 11) is 1.64. The van der Waals surface area contributed by atoms with Gasteiger partial charge < -0.3 is 15.4 Å². The van der Waals surface area contributed by atoms with Gasteiger partial charge in [0.1, 0.15) is 11.2 Å². The highest BCUT2D eigenvalue weighted by atomic mass is 32.2. The van der Waals surface area contributed by atoms with E-state index in [1.165, 1.54) is 5.56 Å². The Hall–Kier alpha value is -2.51. The molecular weight excluding hydrogens is 386 g/mol. The van der Waals surface area contributed by atoms with Crippen molar-refractivity contribution in [2.24, 2.45) is 0 Å². The molecule has 1 fully saturated rings. The number of carbonyl (C=O) groups is 2. The fourth-order valence-corrected chi connectivity index (χ4v) is 4.32. The minimum absolute atomic E-state index is 0.0267. The summed E-state index contributed by atoms with van der Waals surface area (Å²) in [5.41, 5.74) is 2.07. The van der Waals surface area contributed by atoms with Gasteiger partial charge >= 0.3 is 0 Å². The van der Waals surface area contributed by atoms with Crippen LogP contribution >= 0.6 is 11.8 Å². The lowest BCUT2D eigenvalue weighted by molar-refractivity contribution is -0.125. The predicted molar refractivity (Wildman–Crippen MR) is 116 cm³/mol. The quantitative estimate of drug-likeness (QED) is 0.589. The van der Waals surface area contributed by atoms with Crippen molar-refractivity contribution in [3.8, 4) is 5.75 Å². The molecule has 29 heavy (non-hydrogen) atoms. The second kappa shape index (κ2) is 10.9. The van der Waals surface area contributed by atoms with Crippen LogP contribution in [0.15, 0.2) is 54.6 Å². The molecule has 6 nitrogen and oxygen atoms in total. The fraction of sp³-hybridized carbons (Fsp3) is 0.364. The van der Waals surface area contributed by atoms with E-state index in [-0.39, 0.29) is 29.8 Å². The summed E-state index contributed by atoms with van der Waals surface area (Å²) in [5, 5.41) is 9.24. The van der Waals surface area contributed by atoms with Crippen LogP contribution in [0.2, 0.25) is 0 Å². The molecule has 0 bridgehead atoms. The van der Waals surface area contributed by atoms with Gasteiger partial charge in [0, 0.05) is 31.2 Å². The van der Waals surface area contributed by atoms with Gasteiger partial charge in [-0.2, -0.15) is 0 Å². The molecule has 3 N–H and O–H groups in total. The van der Waals surface area contributed by atoms with E-state index in [0.29, 0.717) is 19.4 Å². The van der Waals surface area contributed by atoms with E-state index in [9.17, 15) is 9.59 Å². The number of hydrogen-bond donors (Lipinski definition) is 3. The second-order valence-electron chi connectivity index (χ2n) is 6.93. The summed E-state index contributed by atoms with van der Waals surface area (Å²) in [5.74, 6) is 1.53. The van der Waals surface area contributed by atoms with E-state index >= 15 is 0 Å². The number of amides is 2. The third kappa shape index (κ3) is 6.80. The van der Waals surface area contributed by atoms with E-state index in [1.807, 2.05) is 42.5 Å². The zero-order valence-electron chi connectivity index (χ0n) is 16.5. The summed E-state index contributed by atoms with van der Waals surface area (Å²) in [6.07, 6.45) is 1.29. The molecule has 1 aliphatic heterocycles. The van der Waals surface area contributed by atoms with Crippen LogP contribution in [0, 0.1) is 0 Å². The Labute approximate surface area is 175 Å². The van der Waals surface area contributed by atoms with Crippen molar-refractivity contribution in [1.29, 1.82) is 0 Å². The van der Waals surface area contributed by atoms with Crippen molar-refractivity contribution in [2.75, 3.05) is 13.7 Å². The highest BCUT2D eigenvalue weighted by molar-refractivity contribution is 7.99. The van der Waals surface area contributed by atoms with Crippen molar-refractivity contribution < 1.29 is 14.3 Å². The van der Waals surface area contributed by atoms with Crippen LogP contribution < -0.4 is 20.7 Å². The predicted octanol–water partition coefficient (Wildman–Crippen LogP) is 2.44. The number of hydrogen-bond acceptors (Lipinski definition) is 5. The summed E-state index contributed by atoms with van der Waals surface area (Å²) >= 11 is 1.62. The molecule has 0 aliphatic carbocycles. The molecule has 1 aliphatic rings. The van der Waals surface area contributed by atoms with Crippen LogP contribution in [0.3, 0.4) is 0 Å². The van der Waals surface area contributed by atoms with Crippen molar-refractivity contribution in [1.82, 2.24) is 16.0 Å². The average molecular weight is 414 g/mol. The number of thioether (sulfide) groups is 1. The van der Waals surface area contributed by atoms with Crippen molar-refractivity contribution in [3.05, 3.63) is 65.7 Å². The maximum Gasteiger partial charge on any atom is 0.223 e.